The van der Waals surface area contributed by atoms with Crippen LogP contribution in [0.15, 0.2) is 29.8 Å². The van der Waals surface area contributed by atoms with E-state index in [4.69, 9.17) is 9.84 Å². The van der Waals surface area contributed by atoms with Crippen LogP contribution in [0.1, 0.15) is 13.3 Å². The average molecular weight is 242 g/mol. The summed E-state index contributed by atoms with van der Waals surface area (Å²) in [5.41, 5.74) is 0.196. The second-order valence-electron chi connectivity index (χ2n) is 3.30. The van der Waals surface area contributed by atoms with Gasteiger partial charge in [-0.25, -0.2) is 13.6 Å². The maximum atomic E-state index is 12.8. The molecule has 0 fully saturated rings. The molecule has 1 aromatic rings. The van der Waals surface area contributed by atoms with Gasteiger partial charge in [0, 0.05) is 23.8 Å². The second kappa shape index (κ2) is 5.98. The molecule has 1 rings (SSSR count). The normalized spacial score (nSPS) is 11.4. The zero-order valence-corrected chi connectivity index (χ0v) is 9.24. The molecule has 5 heteroatoms. The number of halogens is 2. The monoisotopic (exact) mass is 242 g/mol. The van der Waals surface area contributed by atoms with Gasteiger partial charge in [-0.05, 0) is 12.5 Å². The van der Waals surface area contributed by atoms with Crippen LogP contribution in [0, 0.1) is 11.6 Å². The van der Waals surface area contributed by atoms with Gasteiger partial charge < -0.3 is 9.84 Å². The molecule has 0 saturated heterocycles. The van der Waals surface area contributed by atoms with Gasteiger partial charge in [-0.15, -0.1) is 0 Å². The van der Waals surface area contributed by atoms with Crippen LogP contribution >= 0.6 is 0 Å². The maximum absolute atomic E-state index is 12.8. The Bertz CT molecular complexity index is 421. The second-order valence-corrected chi connectivity index (χ2v) is 3.30. The lowest BCUT2D eigenvalue weighted by Gasteiger charge is -2.04. The Morgan fingerprint density at radius 2 is 1.94 bits per heavy atom. The van der Waals surface area contributed by atoms with Gasteiger partial charge in [0.2, 0.25) is 0 Å². The van der Waals surface area contributed by atoms with Gasteiger partial charge in [-0.1, -0.05) is 6.92 Å². The van der Waals surface area contributed by atoms with E-state index in [1.807, 2.05) is 0 Å². The molecule has 1 aromatic carbocycles. The summed E-state index contributed by atoms with van der Waals surface area (Å²) in [5.74, 6) is -2.48. The minimum atomic E-state index is -1.03. The lowest BCUT2D eigenvalue weighted by molar-refractivity contribution is -0.132. The molecular weight excluding hydrogens is 230 g/mol. The van der Waals surface area contributed by atoms with E-state index >= 15 is 0 Å². The van der Waals surface area contributed by atoms with Crippen molar-refractivity contribution >= 4 is 5.97 Å². The third-order valence-corrected chi connectivity index (χ3v) is 2.07. The van der Waals surface area contributed by atoms with Gasteiger partial charge in [0.1, 0.15) is 24.0 Å². The predicted molar refractivity (Wildman–Crippen MR) is 57.9 cm³/mol. The molecule has 0 bridgehead atoms. The Labute approximate surface area is 97.3 Å². The first kappa shape index (κ1) is 13.2. The number of aliphatic carboxylic acids is 1. The summed E-state index contributed by atoms with van der Waals surface area (Å²) in [6.07, 6.45) is 1.72. The number of hydrogen-bond acceptors (Lipinski definition) is 2. The Hall–Kier alpha value is -1.91. The van der Waals surface area contributed by atoms with Crippen LogP contribution in [-0.2, 0) is 4.79 Å². The molecule has 0 amide bonds. The van der Waals surface area contributed by atoms with Crippen molar-refractivity contribution < 1.29 is 23.4 Å². The van der Waals surface area contributed by atoms with Crippen LogP contribution in [0.3, 0.4) is 0 Å². The lowest BCUT2D eigenvalue weighted by Crippen LogP contribution is -2.03. The number of ether oxygens (including phenoxy) is 1. The fourth-order valence-corrected chi connectivity index (χ4v) is 1.23. The number of benzene rings is 1. The summed E-state index contributed by atoms with van der Waals surface area (Å²) in [5, 5.41) is 8.71. The van der Waals surface area contributed by atoms with Gasteiger partial charge in [-0.3, -0.25) is 0 Å². The summed E-state index contributed by atoms with van der Waals surface area (Å²) in [7, 11) is 0. The SMILES string of the molecule is CCC(=CCOc1cc(F)cc(F)c1)C(=O)O. The maximum Gasteiger partial charge on any atom is 0.331 e. The van der Waals surface area contributed by atoms with E-state index in [0.29, 0.717) is 6.42 Å². The molecule has 0 aromatic heterocycles. The van der Waals surface area contributed by atoms with Crippen molar-refractivity contribution in [2.24, 2.45) is 0 Å². The smallest absolute Gasteiger partial charge is 0.331 e. The van der Waals surface area contributed by atoms with Crippen molar-refractivity contribution in [3.05, 3.63) is 41.5 Å². The number of hydrogen-bond donors (Lipinski definition) is 1. The fourth-order valence-electron chi connectivity index (χ4n) is 1.23. The molecule has 0 spiro atoms. The first-order valence-corrected chi connectivity index (χ1v) is 5.04. The Morgan fingerprint density at radius 1 is 1.35 bits per heavy atom. The zero-order valence-electron chi connectivity index (χ0n) is 9.24. The largest absolute Gasteiger partial charge is 0.489 e. The standard InChI is InChI=1S/C12H12F2O3/c1-2-8(12(15)16)3-4-17-11-6-9(13)5-10(14)7-11/h3,5-7H,2,4H2,1H3,(H,15,16). The third kappa shape index (κ3) is 4.22. The van der Waals surface area contributed by atoms with E-state index < -0.39 is 17.6 Å². The first-order valence-electron chi connectivity index (χ1n) is 5.04. The van der Waals surface area contributed by atoms with Gasteiger partial charge in [0.25, 0.3) is 0 Å². The van der Waals surface area contributed by atoms with Crippen LogP contribution in [0.4, 0.5) is 8.78 Å². The highest BCUT2D eigenvalue weighted by Gasteiger charge is 2.04. The quantitative estimate of drug-likeness (QED) is 0.807. The molecule has 0 heterocycles. The van der Waals surface area contributed by atoms with Crippen LogP contribution < -0.4 is 4.74 Å². The van der Waals surface area contributed by atoms with E-state index in [9.17, 15) is 13.6 Å². The van der Waals surface area contributed by atoms with E-state index in [1.54, 1.807) is 6.92 Å². The van der Waals surface area contributed by atoms with Crippen LogP contribution in [0.25, 0.3) is 0 Å². The molecule has 3 nitrogen and oxygen atoms in total. The Balaban J connectivity index is 2.64. The van der Waals surface area contributed by atoms with E-state index in [2.05, 4.69) is 0 Å². The summed E-state index contributed by atoms with van der Waals surface area (Å²) >= 11 is 0. The molecule has 17 heavy (non-hydrogen) atoms. The summed E-state index contributed by atoms with van der Waals surface area (Å²) in [6.45, 7) is 1.65. The number of carboxylic acids is 1. The zero-order chi connectivity index (χ0) is 12.8. The van der Waals surface area contributed by atoms with Gasteiger partial charge in [0.15, 0.2) is 0 Å². The molecule has 0 aliphatic rings. The molecule has 1 N–H and O–H groups in total. The summed E-state index contributed by atoms with van der Waals surface area (Å²) in [4.78, 5) is 10.6. The van der Waals surface area contributed by atoms with Crippen LogP contribution in [-0.4, -0.2) is 17.7 Å². The molecule has 0 aliphatic heterocycles. The lowest BCUT2D eigenvalue weighted by atomic mass is 10.2. The Kier molecular flexibility index (Phi) is 4.63. The summed E-state index contributed by atoms with van der Waals surface area (Å²) in [6, 6.07) is 2.80. The predicted octanol–water partition coefficient (Wildman–Crippen LogP) is 2.76. The van der Waals surface area contributed by atoms with E-state index in [1.165, 1.54) is 6.08 Å². The molecular formula is C12H12F2O3. The van der Waals surface area contributed by atoms with Crippen molar-refractivity contribution in [3.8, 4) is 5.75 Å². The third-order valence-electron chi connectivity index (χ3n) is 2.07. The molecule has 92 valence electrons. The van der Waals surface area contributed by atoms with Crippen molar-refractivity contribution in [2.75, 3.05) is 6.61 Å². The number of carbonyl (C=O) groups is 1. The topological polar surface area (TPSA) is 46.5 Å². The van der Waals surface area contributed by atoms with Crippen LogP contribution in [0.2, 0.25) is 0 Å². The van der Waals surface area contributed by atoms with Crippen LogP contribution in [0.5, 0.6) is 5.75 Å². The average Bonchev–Trinajstić information content (AvgIpc) is 2.22. The molecule has 0 atom stereocenters. The van der Waals surface area contributed by atoms with E-state index in [0.717, 1.165) is 18.2 Å². The molecule has 0 radical (unpaired) electrons. The number of carboxylic acid groups (broad SMARTS) is 1. The highest BCUT2D eigenvalue weighted by Crippen LogP contribution is 2.15. The highest BCUT2D eigenvalue weighted by atomic mass is 19.1. The fraction of sp³-hybridized carbons (Fsp3) is 0.250. The minimum absolute atomic E-state index is 0.0274. The van der Waals surface area contributed by atoms with Gasteiger partial charge in [-0.2, -0.15) is 0 Å². The van der Waals surface area contributed by atoms with Gasteiger partial charge >= 0.3 is 5.97 Å². The molecule has 0 saturated carbocycles. The van der Waals surface area contributed by atoms with Gasteiger partial charge in [0.05, 0.1) is 0 Å². The highest BCUT2D eigenvalue weighted by molar-refractivity contribution is 5.86. The Morgan fingerprint density at radius 3 is 2.41 bits per heavy atom. The van der Waals surface area contributed by atoms with Crippen molar-refractivity contribution in [1.29, 1.82) is 0 Å². The van der Waals surface area contributed by atoms with Crippen molar-refractivity contribution in [1.82, 2.24) is 0 Å². The number of rotatable bonds is 5. The molecule has 0 unspecified atom stereocenters. The first-order chi connectivity index (χ1) is 8.02. The summed E-state index contributed by atoms with van der Waals surface area (Å²) < 4.78 is 30.6. The molecule has 0 aliphatic carbocycles. The minimum Gasteiger partial charge on any atom is -0.489 e. The van der Waals surface area contributed by atoms with E-state index in [-0.39, 0.29) is 17.9 Å². The van der Waals surface area contributed by atoms with Crippen molar-refractivity contribution in [3.63, 3.8) is 0 Å². The van der Waals surface area contributed by atoms with Crippen molar-refractivity contribution in [2.45, 2.75) is 13.3 Å².